The molecular formula is C23H22N4O4S2. The van der Waals surface area contributed by atoms with Gasteiger partial charge in [0.25, 0.3) is 0 Å². The van der Waals surface area contributed by atoms with Gasteiger partial charge in [-0.15, -0.1) is 21.5 Å². The Bertz CT molecular complexity index is 1250. The van der Waals surface area contributed by atoms with Crippen LogP contribution in [0, 0.1) is 0 Å². The third-order valence-electron chi connectivity index (χ3n) is 4.75. The second-order valence-electron chi connectivity index (χ2n) is 7.03. The summed E-state index contributed by atoms with van der Waals surface area (Å²) in [5.41, 5.74) is 1.30. The minimum Gasteiger partial charge on any atom is -0.462 e. The van der Waals surface area contributed by atoms with Gasteiger partial charge in [0.05, 0.1) is 23.7 Å². The van der Waals surface area contributed by atoms with Gasteiger partial charge in [0.15, 0.2) is 16.7 Å². The summed E-state index contributed by atoms with van der Waals surface area (Å²) in [5, 5.41) is 11.8. The molecule has 3 heterocycles. The first-order chi connectivity index (χ1) is 16.0. The lowest BCUT2D eigenvalue weighted by molar-refractivity contribution is -0.115. The molecule has 1 N–H and O–H groups in total. The van der Waals surface area contributed by atoms with Crippen LogP contribution in [0.1, 0.15) is 24.2 Å². The third-order valence-corrected chi connectivity index (χ3v) is 6.98. The Labute approximate surface area is 199 Å². The van der Waals surface area contributed by atoms with Crippen LogP contribution in [0.5, 0.6) is 0 Å². The molecule has 1 amide bonds. The molecule has 4 rings (SSSR count). The fourth-order valence-electron chi connectivity index (χ4n) is 3.05. The number of carbonyl (C=O) groups is 2. The minimum absolute atomic E-state index is 0.249. The van der Waals surface area contributed by atoms with Crippen LogP contribution >= 0.6 is 23.1 Å². The molecule has 0 aliphatic carbocycles. The summed E-state index contributed by atoms with van der Waals surface area (Å²) in [6, 6.07) is 15.0. The van der Waals surface area contributed by atoms with Crippen molar-refractivity contribution < 1.29 is 18.7 Å². The molecule has 10 heteroatoms. The summed E-state index contributed by atoms with van der Waals surface area (Å²) < 4.78 is 12.3. The van der Waals surface area contributed by atoms with Crippen molar-refractivity contribution in [2.24, 2.45) is 7.05 Å². The number of nitrogens with zero attached hydrogens (tertiary/aromatic N) is 3. The summed E-state index contributed by atoms with van der Waals surface area (Å²) in [6.07, 6.45) is 1.57. The summed E-state index contributed by atoms with van der Waals surface area (Å²) in [7, 11) is 1.81. The second kappa shape index (κ2) is 10.1. The summed E-state index contributed by atoms with van der Waals surface area (Å²) in [4.78, 5) is 26.4. The lowest BCUT2D eigenvalue weighted by atomic mass is 10.1. The third kappa shape index (κ3) is 5.01. The number of furan rings is 1. The van der Waals surface area contributed by atoms with E-state index in [1.807, 2.05) is 37.4 Å². The number of nitrogens with one attached hydrogen (secondary N) is 1. The molecule has 0 radical (unpaired) electrons. The molecule has 8 nitrogen and oxygen atoms in total. The van der Waals surface area contributed by atoms with Gasteiger partial charge in [-0.2, -0.15) is 0 Å². The van der Waals surface area contributed by atoms with E-state index in [0.29, 0.717) is 27.3 Å². The van der Waals surface area contributed by atoms with E-state index in [2.05, 4.69) is 15.5 Å². The van der Waals surface area contributed by atoms with Gasteiger partial charge in [-0.1, -0.05) is 42.1 Å². The number of carbonyl (C=O) groups excluding carboxylic acids is 2. The zero-order valence-electron chi connectivity index (χ0n) is 18.3. The maximum Gasteiger partial charge on any atom is 0.341 e. The Morgan fingerprint density at radius 1 is 1.21 bits per heavy atom. The molecule has 3 aromatic heterocycles. The van der Waals surface area contributed by atoms with Crippen LogP contribution in [-0.2, 0) is 16.6 Å². The average Bonchev–Trinajstić information content (AvgIpc) is 3.56. The fourth-order valence-corrected chi connectivity index (χ4v) is 4.92. The van der Waals surface area contributed by atoms with E-state index < -0.39 is 11.2 Å². The molecule has 1 unspecified atom stereocenters. The van der Waals surface area contributed by atoms with Crippen molar-refractivity contribution in [3.8, 4) is 22.0 Å². The molecule has 170 valence electrons. The first kappa shape index (κ1) is 22.8. The zero-order valence-corrected chi connectivity index (χ0v) is 19.9. The molecule has 4 aromatic rings. The number of ether oxygens (including phenoxy) is 1. The number of esters is 1. The van der Waals surface area contributed by atoms with Crippen molar-refractivity contribution in [1.82, 2.24) is 14.8 Å². The van der Waals surface area contributed by atoms with Gasteiger partial charge < -0.3 is 19.0 Å². The van der Waals surface area contributed by atoms with Gasteiger partial charge in [0, 0.05) is 11.9 Å². The van der Waals surface area contributed by atoms with Crippen LogP contribution in [0.15, 0.2) is 64.4 Å². The predicted molar refractivity (Wildman–Crippen MR) is 128 cm³/mol. The van der Waals surface area contributed by atoms with Crippen LogP contribution in [0.25, 0.3) is 22.0 Å². The molecule has 0 aliphatic heterocycles. The number of benzene rings is 1. The van der Waals surface area contributed by atoms with Gasteiger partial charge in [-0.3, -0.25) is 4.79 Å². The highest BCUT2D eigenvalue weighted by atomic mass is 32.2. The average molecular weight is 483 g/mol. The Kier molecular flexibility index (Phi) is 6.95. The van der Waals surface area contributed by atoms with Crippen molar-refractivity contribution in [3.05, 3.63) is 60.4 Å². The number of anilines is 1. The van der Waals surface area contributed by atoms with Crippen LogP contribution in [0.3, 0.4) is 0 Å². The molecule has 0 spiro atoms. The van der Waals surface area contributed by atoms with Crippen molar-refractivity contribution >= 4 is 40.0 Å². The summed E-state index contributed by atoms with van der Waals surface area (Å²) >= 11 is 2.60. The van der Waals surface area contributed by atoms with E-state index in [0.717, 1.165) is 10.4 Å². The van der Waals surface area contributed by atoms with E-state index >= 15 is 0 Å². The quantitative estimate of drug-likeness (QED) is 0.275. The van der Waals surface area contributed by atoms with Crippen LogP contribution < -0.4 is 5.32 Å². The van der Waals surface area contributed by atoms with Gasteiger partial charge in [0.1, 0.15) is 5.00 Å². The highest BCUT2D eigenvalue weighted by molar-refractivity contribution is 8.00. The van der Waals surface area contributed by atoms with E-state index in [1.165, 1.54) is 23.1 Å². The van der Waals surface area contributed by atoms with Gasteiger partial charge >= 0.3 is 5.97 Å². The Hall–Kier alpha value is -3.37. The van der Waals surface area contributed by atoms with Crippen LogP contribution in [0.2, 0.25) is 0 Å². The zero-order chi connectivity index (χ0) is 23.4. The molecule has 1 aromatic carbocycles. The van der Waals surface area contributed by atoms with Crippen molar-refractivity contribution in [1.29, 1.82) is 0 Å². The first-order valence-electron chi connectivity index (χ1n) is 10.2. The Morgan fingerprint density at radius 3 is 2.70 bits per heavy atom. The number of thiophene rings is 1. The van der Waals surface area contributed by atoms with Crippen molar-refractivity contribution in [2.75, 3.05) is 11.9 Å². The number of aromatic nitrogens is 3. The van der Waals surface area contributed by atoms with Crippen molar-refractivity contribution in [3.63, 3.8) is 0 Å². The summed E-state index contributed by atoms with van der Waals surface area (Å²) in [6.45, 7) is 3.77. The topological polar surface area (TPSA) is 99.2 Å². The largest absolute Gasteiger partial charge is 0.462 e. The van der Waals surface area contributed by atoms with Crippen LogP contribution in [-0.4, -0.2) is 38.5 Å². The number of amides is 1. The monoisotopic (exact) mass is 482 g/mol. The maximum absolute atomic E-state index is 13.0. The SMILES string of the molecule is CCOC(=O)c1cc(-c2ccccc2)sc1NC(=O)C(C)Sc1nnc(-c2ccco2)n1C. The van der Waals surface area contributed by atoms with Gasteiger partial charge in [0.2, 0.25) is 5.91 Å². The molecule has 0 saturated carbocycles. The summed E-state index contributed by atoms with van der Waals surface area (Å²) in [5.74, 6) is 0.447. The van der Waals surface area contributed by atoms with Crippen LogP contribution in [0.4, 0.5) is 5.00 Å². The molecule has 0 aliphatic rings. The normalized spacial score (nSPS) is 11.8. The number of hydrogen-bond donors (Lipinski definition) is 1. The van der Waals surface area contributed by atoms with E-state index in [-0.39, 0.29) is 12.5 Å². The number of thioether (sulfide) groups is 1. The Balaban J connectivity index is 1.52. The molecule has 0 saturated heterocycles. The molecular weight excluding hydrogens is 460 g/mol. The van der Waals surface area contributed by atoms with Gasteiger partial charge in [-0.25, -0.2) is 4.79 Å². The molecule has 0 fully saturated rings. The highest BCUT2D eigenvalue weighted by Gasteiger charge is 2.24. The number of rotatable bonds is 8. The smallest absolute Gasteiger partial charge is 0.341 e. The van der Waals surface area contributed by atoms with E-state index in [1.54, 1.807) is 42.9 Å². The van der Waals surface area contributed by atoms with Crippen molar-refractivity contribution in [2.45, 2.75) is 24.3 Å². The highest BCUT2D eigenvalue weighted by Crippen LogP contribution is 2.36. The predicted octanol–water partition coefficient (Wildman–Crippen LogP) is 5.10. The van der Waals surface area contributed by atoms with E-state index in [4.69, 9.17) is 9.15 Å². The fraction of sp³-hybridized carbons (Fsp3) is 0.217. The second-order valence-corrected chi connectivity index (χ2v) is 9.39. The van der Waals surface area contributed by atoms with E-state index in [9.17, 15) is 9.59 Å². The molecule has 0 bridgehead atoms. The Morgan fingerprint density at radius 2 is 2.00 bits per heavy atom. The standard InChI is InChI=1S/C23H22N4O4S2/c1-4-30-22(29)16-13-18(15-9-6-5-7-10-15)33-21(16)24-20(28)14(2)32-23-26-25-19(27(23)3)17-11-8-12-31-17/h5-14H,4H2,1-3H3,(H,24,28). The molecule has 1 atom stereocenters. The minimum atomic E-state index is -0.491. The lowest BCUT2D eigenvalue weighted by Gasteiger charge is -2.11. The number of hydrogen-bond acceptors (Lipinski definition) is 8. The maximum atomic E-state index is 13.0. The molecule has 33 heavy (non-hydrogen) atoms. The lowest BCUT2D eigenvalue weighted by Crippen LogP contribution is -2.23. The van der Waals surface area contributed by atoms with Gasteiger partial charge in [-0.05, 0) is 37.6 Å². The first-order valence-corrected chi connectivity index (χ1v) is 11.9.